The van der Waals surface area contributed by atoms with Crippen molar-refractivity contribution >= 4 is 21.2 Å². The number of sulfone groups is 1. The lowest BCUT2D eigenvalue weighted by molar-refractivity contribution is -0.0437. The summed E-state index contributed by atoms with van der Waals surface area (Å²) in [7, 11) is -5.80. The van der Waals surface area contributed by atoms with Crippen LogP contribution in [-0.2, 0) is 21.2 Å². The standard InChI is InChI=1S/C13H17F4NO3S2/c1-8(18-22(19)12(2,3)4)9-6-5-7-10(11(9)14)23(20,21)13(15,16)17/h5-8,18H,1-4H3. The van der Waals surface area contributed by atoms with Crippen molar-refractivity contribution in [1.82, 2.24) is 4.72 Å². The highest BCUT2D eigenvalue weighted by Gasteiger charge is 2.48. The fourth-order valence-electron chi connectivity index (χ4n) is 1.60. The van der Waals surface area contributed by atoms with Crippen LogP contribution in [0.3, 0.4) is 0 Å². The van der Waals surface area contributed by atoms with Crippen molar-refractivity contribution < 1.29 is 30.5 Å². The number of nitrogens with one attached hydrogen (secondary N) is 1. The normalized spacial score (nSPS) is 16.2. The van der Waals surface area contributed by atoms with Crippen LogP contribution >= 0.6 is 0 Å². The Morgan fingerprint density at radius 2 is 1.74 bits per heavy atom. The van der Waals surface area contributed by atoms with Crippen LogP contribution in [0.4, 0.5) is 17.6 Å². The third-order valence-electron chi connectivity index (χ3n) is 2.89. The molecule has 0 aliphatic carbocycles. The maximum atomic E-state index is 14.3. The average Bonchev–Trinajstić information content (AvgIpc) is 2.35. The molecular formula is C13H17F4NO3S2. The molecule has 0 saturated carbocycles. The van der Waals surface area contributed by atoms with Gasteiger partial charge >= 0.3 is 5.51 Å². The second kappa shape index (κ2) is 6.58. The van der Waals surface area contributed by atoms with E-state index in [0.29, 0.717) is 6.07 Å². The molecule has 1 rings (SSSR count). The summed E-state index contributed by atoms with van der Waals surface area (Å²) in [6.07, 6.45) is 0. The first-order valence-corrected chi connectivity index (χ1v) is 9.10. The van der Waals surface area contributed by atoms with Gasteiger partial charge in [0, 0.05) is 16.9 Å². The highest BCUT2D eigenvalue weighted by atomic mass is 32.2. The summed E-state index contributed by atoms with van der Waals surface area (Å²) in [4.78, 5) is -1.45. The van der Waals surface area contributed by atoms with Crippen molar-refractivity contribution in [1.29, 1.82) is 0 Å². The molecule has 0 radical (unpaired) electrons. The number of benzene rings is 1. The van der Waals surface area contributed by atoms with E-state index in [1.54, 1.807) is 20.8 Å². The minimum absolute atomic E-state index is 0.312. The van der Waals surface area contributed by atoms with E-state index in [2.05, 4.69) is 4.72 Å². The van der Waals surface area contributed by atoms with Crippen LogP contribution in [0.5, 0.6) is 0 Å². The zero-order valence-corrected chi connectivity index (χ0v) is 14.5. The van der Waals surface area contributed by atoms with E-state index in [4.69, 9.17) is 0 Å². The summed E-state index contributed by atoms with van der Waals surface area (Å²) < 4.78 is 88.6. The van der Waals surface area contributed by atoms with Gasteiger partial charge in [0.25, 0.3) is 9.84 Å². The van der Waals surface area contributed by atoms with E-state index in [-0.39, 0.29) is 5.56 Å². The molecular weight excluding hydrogens is 358 g/mol. The van der Waals surface area contributed by atoms with Crippen molar-refractivity contribution in [2.45, 2.75) is 48.9 Å². The molecule has 132 valence electrons. The minimum atomic E-state index is -5.80. The van der Waals surface area contributed by atoms with Crippen molar-refractivity contribution in [3.63, 3.8) is 0 Å². The van der Waals surface area contributed by atoms with Crippen LogP contribution in [-0.4, -0.2) is 23.2 Å². The first-order chi connectivity index (χ1) is 10.2. The molecule has 2 unspecified atom stereocenters. The van der Waals surface area contributed by atoms with E-state index in [1.807, 2.05) is 0 Å². The summed E-state index contributed by atoms with van der Waals surface area (Å²) in [6.45, 7) is 6.35. The summed E-state index contributed by atoms with van der Waals surface area (Å²) in [6, 6.07) is 1.76. The Morgan fingerprint density at radius 3 is 2.17 bits per heavy atom. The number of alkyl halides is 3. The summed E-state index contributed by atoms with van der Waals surface area (Å²) in [5.41, 5.74) is -5.91. The number of rotatable bonds is 4. The van der Waals surface area contributed by atoms with Gasteiger partial charge in [0.2, 0.25) is 0 Å². The molecule has 0 fully saturated rings. The second-order valence-corrected chi connectivity index (χ2v) is 9.74. The van der Waals surface area contributed by atoms with Gasteiger partial charge in [-0.15, -0.1) is 4.72 Å². The van der Waals surface area contributed by atoms with Gasteiger partial charge in [-0.05, 0) is 33.8 Å². The average molecular weight is 375 g/mol. The quantitative estimate of drug-likeness (QED) is 0.648. The zero-order chi connectivity index (χ0) is 18.2. The molecule has 0 amide bonds. The summed E-state index contributed by atoms with van der Waals surface area (Å²) >= 11 is -1.61. The maximum Gasteiger partial charge on any atom is 0.502 e. The molecule has 0 heterocycles. The molecule has 23 heavy (non-hydrogen) atoms. The molecule has 1 aromatic carbocycles. The van der Waals surface area contributed by atoms with Gasteiger partial charge in [0.1, 0.15) is 15.5 Å². The highest BCUT2D eigenvalue weighted by molar-refractivity contribution is 7.92. The monoisotopic (exact) mass is 375 g/mol. The lowest BCUT2D eigenvalue weighted by Gasteiger charge is -2.27. The molecule has 2 atom stereocenters. The summed E-state index contributed by atoms with van der Waals surface area (Å²) in [5.74, 6) is -1.50. The maximum absolute atomic E-state index is 14.3. The van der Waals surface area contributed by atoms with Crippen LogP contribution in [0.1, 0.15) is 39.3 Å². The van der Waals surface area contributed by atoms with Crippen LogP contribution in [0.2, 0.25) is 0 Å². The van der Waals surface area contributed by atoms with E-state index in [9.17, 15) is 30.5 Å². The first-order valence-electron chi connectivity index (χ1n) is 6.47. The molecule has 0 bridgehead atoms. The smallest absolute Gasteiger partial charge is 0.502 e. The van der Waals surface area contributed by atoms with Crippen molar-refractivity contribution in [3.05, 3.63) is 29.6 Å². The van der Waals surface area contributed by atoms with Gasteiger partial charge in [0.05, 0.1) is 6.04 Å². The van der Waals surface area contributed by atoms with Gasteiger partial charge in [-0.25, -0.2) is 12.8 Å². The SMILES string of the molecule is CC(N[S+]([O-])C(C)(C)C)c1cccc(S(=O)(=O)C(F)(F)F)c1F. The topological polar surface area (TPSA) is 69.2 Å². The number of halogens is 4. The van der Waals surface area contributed by atoms with Crippen LogP contribution < -0.4 is 4.72 Å². The Kier molecular flexibility index (Phi) is 5.78. The van der Waals surface area contributed by atoms with Crippen LogP contribution in [0.15, 0.2) is 23.1 Å². The first kappa shape index (κ1) is 20.2. The highest BCUT2D eigenvalue weighted by Crippen LogP contribution is 2.34. The zero-order valence-electron chi connectivity index (χ0n) is 12.9. The van der Waals surface area contributed by atoms with Gasteiger partial charge in [-0.3, -0.25) is 0 Å². The fourth-order valence-corrected chi connectivity index (χ4v) is 3.26. The van der Waals surface area contributed by atoms with Crippen molar-refractivity contribution in [3.8, 4) is 0 Å². The van der Waals surface area contributed by atoms with Crippen LogP contribution in [0, 0.1) is 5.82 Å². The van der Waals surface area contributed by atoms with E-state index in [0.717, 1.165) is 12.1 Å². The minimum Gasteiger partial charge on any atom is -0.598 e. The van der Waals surface area contributed by atoms with Gasteiger partial charge in [-0.1, -0.05) is 12.1 Å². The fraction of sp³-hybridized carbons (Fsp3) is 0.538. The largest absolute Gasteiger partial charge is 0.598 e. The summed E-state index contributed by atoms with van der Waals surface area (Å²) in [5, 5.41) is 0. The van der Waals surface area contributed by atoms with E-state index >= 15 is 0 Å². The predicted molar refractivity (Wildman–Crippen MR) is 79.1 cm³/mol. The Morgan fingerprint density at radius 1 is 1.22 bits per heavy atom. The van der Waals surface area contributed by atoms with E-state index in [1.165, 1.54) is 6.92 Å². The lowest BCUT2D eigenvalue weighted by Crippen LogP contribution is -2.40. The molecule has 1 aromatic rings. The van der Waals surface area contributed by atoms with E-state index < -0.39 is 48.2 Å². The Balaban J connectivity index is 3.25. The molecule has 0 aromatic heterocycles. The van der Waals surface area contributed by atoms with Gasteiger partial charge in [0.15, 0.2) is 0 Å². The number of hydrogen-bond donors (Lipinski definition) is 1. The van der Waals surface area contributed by atoms with Crippen molar-refractivity contribution in [2.75, 3.05) is 0 Å². The molecule has 1 N–H and O–H groups in total. The van der Waals surface area contributed by atoms with Gasteiger partial charge < -0.3 is 4.55 Å². The van der Waals surface area contributed by atoms with Crippen LogP contribution in [0.25, 0.3) is 0 Å². The molecule has 10 heteroatoms. The molecule has 0 spiro atoms. The predicted octanol–water partition coefficient (Wildman–Crippen LogP) is 3.23. The Hall–Kier alpha value is -0.840. The van der Waals surface area contributed by atoms with Crippen molar-refractivity contribution in [2.24, 2.45) is 0 Å². The second-order valence-electron chi connectivity index (χ2n) is 5.83. The van der Waals surface area contributed by atoms with Gasteiger partial charge in [-0.2, -0.15) is 13.2 Å². The Bertz CT molecular complexity index is 669. The third kappa shape index (κ3) is 4.37. The molecule has 0 saturated heterocycles. The third-order valence-corrected chi connectivity index (χ3v) is 6.08. The molecule has 0 aliphatic rings. The Labute approximate surface area is 135 Å². The number of hydrogen-bond acceptors (Lipinski definition) is 4. The lowest BCUT2D eigenvalue weighted by atomic mass is 10.1. The molecule has 0 aliphatic heterocycles. The molecule has 4 nitrogen and oxygen atoms in total.